The number of nitrogens with zero attached hydrogens (tertiary/aromatic N) is 2. The fourth-order valence-corrected chi connectivity index (χ4v) is 2.83. The Hall–Kier alpha value is -1.74. The molecule has 0 bridgehead atoms. The summed E-state index contributed by atoms with van der Waals surface area (Å²) in [6, 6.07) is 10.1. The molecule has 2 heterocycles. The Balaban J connectivity index is 2.17. The van der Waals surface area contributed by atoms with Crippen LogP contribution in [0.15, 0.2) is 36.5 Å². The minimum Gasteiger partial charge on any atom is -0.299 e. The van der Waals surface area contributed by atoms with Crippen LogP contribution in [-0.2, 0) is 6.42 Å². The van der Waals surface area contributed by atoms with Gasteiger partial charge in [-0.15, -0.1) is 0 Å². The number of hydrogen-bond acceptors (Lipinski definition) is 2. The maximum atomic E-state index is 13.9. The molecule has 0 fully saturated rings. The highest BCUT2D eigenvalue weighted by Crippen LogP contribution is 2.35. The zero-order valence-corrected chi connectivity index (χ0v) is 11.2. The molecular formula is C16H17FN2. The Morgan fingerprint density at radius 2 is 2.00 bits per heavy atom. The first-order valence-corrected chi connectivity index (χ1v) is 6.61. The number of fused-ring (bicyclic) bond motifs is 1. The number of rotatable bonds is 1. The molecule has 1 unspecified atom stereocenters. The lowest BCUT2D eigenvalue weighted by Gasteiger charge is -2.33. The average Bonchev–Trinajstić information content (AvgIpc) is 2.43. The molecular weight excluding hydrogens is 239 g/mol. The van der Waals surface area contributed by atoms with Gasteiger partial charge < -0.3 is 0 Å². The van der Waals surface area contributed by atoms with Gasteiger partial charge in [0.25, 0.3) is 0 Å². The predicted molar refractivity (Wildman–Crippen MR) is 74.4 cm³/mol. The molecule has 3 rings (SSSR count). The van der Waals surface area contributed by atoms with E-state index in [9.17, 15) is 4.39 Å². The van der Waals surface area contributed by atoms with Gasteiger partial charge in [0.05, 0.1) is 0 Å². The monoisotopic (exact) mass is 256 g/mol. The summed E-state index contributed by atoms with van der Waals surface area (Å²) in [7, 11) is 2.13. The number of halogens is 1. The van der Waals surface area contributed by atoms with E-state index in [-0.39, 0.29) is 5.95 Å². The van der Waals surface area contributed by atoms with Crippen LogP contribution in [0, 0.1) is 5.95 Å². The van der Waals surface area contributed by atoms with Crippen LogP contribution in [0.5, 0.6) is 0 Å². The third kappa shape index (κ3) is 2.04. The first-order valence-electron chi connectivity index (χ1n) is 6.61. The van der Waals surface area contributed by atoms with Gasteiger partial charge in [0, 0.05) is 24.3 Å². The van der Waals surface area contributed by atoms with Gasteiger partial charge in [0.1, 0.15) is 0 Å². The summed E-state index contributed by atoms with van der Waals surface area (Å²) >= 11 is 0. The molecule has 1 aliphatic heterocycles. The molecule has 0 aliphatic carbocycles. The lowest BCUT2D eigenvalue weighted by molar-refractivity contribution is 0.248. The molecule has 3 heteroatoms. The van der Waals surface area contributed by atoms with Crippen molar-refractivity contribution >= 4 is 0 Å². The highest BCUT2D eigenvalue weighted by atomic mass is 19.1. The number of likely N-dealkylation sites (N-methyl/N-ethyl adjacent to an activating group) is 1. The van der Waals surface area contributed by atoms with E-state index in [1.807, 2.05) is 12.1 Å². The third-order valence-electron chi connectivity index (χ3n) is 4.09. The van der Waals surface area contributed by atoms with Crippen molar-refractivity contribution in [3.63, 3.8) is 0 Å². The second kappa shape index (κ2) is 4.74. The van der Waals surface area contributed by atoms with Crippen molar-refractivity contribution in [1.29, 1.82) is 0 Å². The standard InChI is InChI=1S/C16H17FN2/c1-11-12-5-3-6-13(14(12)8-10-19(11)2)15-7-4-9-18-16(15)17/h3-7,9,11H,8,10H2,1-2H3. The minimum atomic E-state index is -0.387. The van der Waals surface area contributed by atoms with Crippen molar-refractivity contribution in [3.8, 4) is 11.1 Å². The van der Waals surface area contributed by atoms with Gasteiger partial charge in [0.15, 0.2) is 0 Å². The molecule has 0 saturated heterocycles. The van der Waals surface area contributed by atoms with Gasteiger partial charge in [0.2, 0.25) is 5.95 Å². The molecule has 0 amide bonds. The Morgan fingerprint density at radius 1 is 1.21 bits per heavy atom. The second-order valence-corrected chi connectivity index (χ2v) is 5.12. The molecule has 0 saturated carbocycles. The summed E-state index contributed by atoms with van der Waals surface area (Å²) in [6.07, 6.45) is 2.45. The summed E-state index contributed by atoms with van der Waals surface area (Å²) < 4.78 is 13.9. The predicted octanol–water partition coefficient (Wildman–Crippen LogP) is 3.44. The molecule has 1 aliphatic rings. The van der Waals surface area contributed by atoms with Crippen LogP contribution in [-0.4, -0.2) is 23.5 Å². The first-order chi connectivity index (χ1) is 9.18. The minimum absolute atomic E-state index is 0.378. The smallest absolute Gasteiger partial charge is 0.220 e. The van der Waals surface area contributed by atoms with Gasteiger partial charge >= 0.3 is 0 Å². The quantitative estimate of drug-likeness (QED) is 0.727. The van der Waals surface area contributed by atoms with Crippen LogP contribution in [0.3, 0.4) is 0 Å². The zero-order chi connectivity index (χ0) is 13.4. The average molecular weight is 256 g/mol. The number of benzene rings is 1. The van der Waals surface area contributed by atoms with E-state index in [1.54, 1.807) is 12.1 Å². The van der Waals surface area contributed by atoms with E-state index in [1.165, 1.54) is 17.3 Å². The van der Waals surface area contributed by atoms with Gasteiger partial charge in [-0.2, -0.15) is 4.39 Å². The van der Waals surface area contributed by atoms with Crippen LogP contribution in [0.4, 0.5) is 4.39 Å². The molecule has 2 nitrogen and oxygen atoms in total. The van der Waals surface area contributed by atoms with E-state index in [4.69, 9.17) is 0 Å². The number of aromatic nitrogens is 1. The van der Waals surface area contributed by atoms with Crippen molar-refractivity contribution < 1.29 is 4.39 Å². The molecule has 1 aromatic heterocycles. The maximum absolute atomic E-state index is 13.9. The van der Waals surface area contributed by atoms with Crippen molar-refractivity contribution in [3.05, 3.63) is 53.6 Å². The van der Waals surface area contributed by atoms with Gasteiger partial charge in [-0.3, -0.25) is 4.90 Å². The summed E-state index contributed by atoms with van der Waals surface area (Å²) in [5.41, 5.74) is 4.16. The van der Waals surface area contributed by atoms with Crippen molar-refractivity contribution in [2.45, 2.75) is 19.4 Å². The molecule has 19 heavy (non-hydrogen) atoms. The fraction of sp³-hybridized carbons (Fsp3) is 0.312. The van der Waals surface area contributed by atoms with Gasteiger partial charge in [-0.1, -0.05) is 18.2 Å². The lowest BCUT2D eigenvalue weighted by atomic mass is 9.88. The topological polar surface area (TPSA) is 16.1 Å². The van der Waals surface area contributed by atoms with Crippen molar-refractivity contribution in [1.82, 2.24) is 9.88 Å². The van der Waals surface area contributed by atoms with Crippen LogP contribution in [0.2, 0.25) is 0 Å². The molecule has 1 aromatic carbocycles. The number of hydrogen-bond donors (Lipinski definition) is 0. The highest BCUT2D eigenvalue weighted by Gasteiger charge is 2.23. The summed E-state index contributed by atoms with van der Waals surface area (Å²) in [4.78, 5) is 6.09. The normalized spacial score (nSPS) is 19.2. The SMILES string of the molecule is CC1c2cccc(-c3cccnc3F)c2CCN1C. The van der Waals surface area contributed by atoms with Crippen LogP contribution >= 0.6 is 0 Å². The maximum Gasteiger partial charge on any atom is 0.220 e. The van der Waals surface area contributed by atoms with E-state index in [0.717, 1.165) is 18.5 Å². The summed E-state index contributed by atoms with van der Waals surface area (Å²) in [5.74, 6) is -0.387. The van der Waals surface area contributed by atoms with Crippen molar-refractivity contribution in [2.24, 2.45) is 0 Å². The van der Waals surface area contributed by atoms with Gasteiger partial charge in [-0.05, 0) is 49.2 Å². The Kier molecular flexibility index (Phi) is 3.07. The zero-order valence-electron chi connectivity index (χ0n) is 11.2. The molecule has 1 atom stereocenters. The largest absolute Gasteiger partial charge is 0.299 e. The molecule has 0 radical (unpaired) electrons. The van der Waals surface area contributed by atoms with E-state index in [0.29, 0.717) is 11.6 Å². The highest BCUT2D eigenvalue weighted by molar-refractivity contribution is 5.69. The number of pyridine rings is 1. The molecule has 98 valence electrons. The van der Waals surface area contributed by atoms with E-state index < -0.39 is 0 Å². The Morgan fingerprint density at radius 3 is 2.79 bits per heavy atom. The summed E-state index contributed by atoms with van der Waals surface area (Å²) in [5, 5.41) is 0. The van der Waals surface area contributed by atoms with E-state index >= 15 is 0 Å². The summed E-state index contributed by atoms with van der Waals surface area (Å²) in [6.45, 7) is 3.20. The lowest BCUT2D eigenvalue weighted by Crippen LogP contribution is -2.30. The molecule has 0 spiro atoms. The molecule has 2 aromatic rings. The van der Waals surface area contributed by atoms with Crippen LogP contribution in [0.25, 0.3) is 11.1 Å². The second-order valence-electron chi connectivity index (χ2n) is 5.12. The Bertz CT molecular complexity index is 609. The third-order valence-corrected chi connectivity index (χ3v) is 4.09. The van der Waals surface area contributed by atoms with Crippen molar-refractivity contribution in [2.75, 3.05) is 13.6 Å². The van der Waals surface area contributed by atoms with Gasteiger partial charge in [-0.25, -0.2) is 4.98 Å². The first kappa shape index (κ1) is 12.3. The van der Waals surface area contributed by atoms with Crippen LogP contribution < -0.4 is 0 Å². The van der Waals surface area contributed by atoms with Crippen LogP contribution in [0.1, 0.15) is 24.1 Å². The Labute approximate surface area is 112 Å². The van der Waals surface area contributed by atoms with E-state index in [2.05, 4.69) is 29.9 Å². The fourth-order valence-electron chi connectivity index (χ4n) is 2.83. The molecule has 0 N–H and O–H groups in total.